The van der Waals surface area contributed by atoms with Gasteiger partial charge in [-0.25, -0.2) is 13.1 Å². The van der Waals surface area contributed by atoms with Crippen LogP contribution in [0, 0.1) is 0 Å². The molecule has 1 fully saturated rings. The summed E-state index contributed by atoms with van der Waals surface area (Å²) in [6, 6.07) is 5.54. The number of carbonyl (C=O) groups is 2. The minimum Gasteiger partial charge on any atom is -0.399 e. The Morgan fingerprint density at radius 1 is 1.25 bits per heavy atom. The number of imide groups is 1. The first-order chi connectivity index (χ1) is 9.35. The van der Waals surface area contributed by atoms with Crippen molar-refractivity contribution in [2.24, 2.45) is 0 Å². The van der Waals surface area contributed by atoms with Gasteiger partial charge in [-0.1, -0.05) is 12.1 Å². The average Bonchev–Trinajstić information content (AvgIpc) is 2.35. The molecule has 0 aromatic heterocycles. The molecule has 2 rings (SSSR count). The molecule has 20 heavy (non-hydrogen) atoms. The Kier molecular flexibility index (Phi) is 4.05. The second-order valence-electron chi connectivity index (χ2n) is 4.62. The third-order valence-corrected chi connectivity index (χ3v) is 4.25. The van der Waals surface area contributed by atoms with Crippen LogP contribution >= 0.6 is 0 Å². The van der Waals surface area contributed by atoms with Gasteiger partial charge in [-0.2, -0.15) is 0 Å². The first-order valence-corrected chi connectivity index (χ1v) is 7.69. The summed E-state index contributed by atoms with van der Waals surface area (Å²) >= 11 is 0. The summed E-state index contributed by atoms with van der Waals surface area (Å²) in [5.74, 6) is -1.24. The number of amides is 2. The number of sulfonamides is 1. The fourth-order valence-corrected chi connectivity index (χ4v) is 3.27. The molecule has 7 nitrogen and oxygen atoms in total. The maximum Gasteiger partial charge on any atom is 0.244 e. The van der Waals surface area contributed by atoms with Gasteiger partial charge in [0.25, 0.3) is 0 Å². The molecule has 0 bridgehead atoms. The number of nitrogen functional groups attached to an aromatic ring is 1. The summed E-state index contributed by atoms with van der Waals surface area (Å²) in [5.41, 5.74) is 6.64. The number of benzene rings is 1. The standard InChI is InChI=1S/C12H15N3O4S/c13-9-3-1-8(2-4-9)7-20(18,19)15-10-5-6-11(16)14-12(10)17/h1-4,10,15H,5-7,13H2,(H,14,16,17). The van der Waals surface area contributed by atoms with Crippen molar-refractivity contribution in [3.05, 3.63) is 29.8 Å². The van der Waals surface area contributed by atoms with Crippen molar-refractivity contribution in [3.8, 4) is 0 Å². The van der Waals surface area contributed by atoms with E-state index in [0.717, 1.165) is 0 Å². The van der Waals surface area contributed by atoms with Gasteiger partial charge in [0.15, 0.2) is 0 Å². The molecule has 1 atom stereocenters. The molecular weight excluding hydrogens is 282 g/mol. The molecule has 1 aliphatic heterocycles. The molecule has 1 heterocycles. The van der Waals surface area contributed by atoms with Gasteiger partial charge in [0.2, 0.25) is 21.8 Å². The second kappa shape index (κ2) is 5.59. The summed E-state index contributed by atoms with van der Waals surface area (Å²) in [7, 11) is -3.66. The third-order valence-electron chi connectivity index (χ3n) is 2.90. The van der Waals surface area contributed by atoms with Gasteiger partial charge >= 0.3 is 0 Å². The van der Waals surface area contributed by atoms with Crippen LogP contribution in [-0.2, 0) is 25.4 Å². The molecule has 1 aromatic rings. The normalized spacial score (nSPS) is 19.7. The Morgan fingerprint density at radius 3 is 2.50 bits per heavy atom. The van der Waals surface area contributed by atoms with E-state index in [-0.39, 0.29) is 24.5 Å². The van der Waals surface area contributed by atoms with Crippen LogP contribution in [0.5, 0.6) is 0 Å². The lowest BCUT2D eigenvalue weighted by atomic mass is 10.1. The van der Waals surface area contributed by atoms with Gasteiger partial charge in [0.1, 0.15) is 6.04 Å². The molecule has 108 valence electrons. The summed E-state index contributed by atoms with van der Waals surface area (Å²) in [6.07, 6.45) is 0.298. The van der Waals surface area contributed by atoms with E-state index in [9.17, 15) is 18.0 Å². The van der Waals surface area contributed by atoms with Crippen molar-refractivity contribution in [1.82, 2.24) is 10.0 Å². The van der Waals surface area contributed by atoms with Crippen LogP contribution in [0.2, 0.25) is 0 Å². The van der Waals surface area contributed by atoms with Crippen molar-refractivity contribution in [2.75, 3.05) is 5.73 Å². The summed E-state index contributed by atoms with van der Waals surface area (Å²) in [4.78, 5) is 22.5. The molecular formula is C12H15N3O4S. The van der Waals surface area contributed by atoms with Crippen LogP contribution in [0.1, 0.15) is 18.4 Å². The summed E-state index contributed by atoms with van der Waals surface area (Å²) in [6.45, 7) is 0. The van der Waals surface area contributed by atoms with Crippen molar-refractivity contribution < 1.29 is 18.0 Å². The highest BCUT2D eigenvalue weighted by molar-refractivity contribution is 7.88. The van der Waals surface area contributed by atoms with Gasteiger partial charge in [-0.15, -0.1) is 0 Å². The number of rotatable bonds is 4. The third kappa shape index (κ3) is 3.78. The molecule has 0 saturated carbocycles. The molecule has 0 radical (unpaired) electrons. The molecule has 1 unspecified atom stereocenters. The van der Waals surface area contributed by atoms with Crippen LogP contribution in [0.25, 0.3) is 0 Å². The van der Waals surface area contributed by atoms with E-state index in [0.29, 0.717) is 11.3 Å². The van der Waals surface area contributed by atoms with Gasteiger partial charge in [0.05, 0.1) is 5.75 Å². The van der Waals surface area contributed by atoms with Crippen molar-refractivity contribution in [2.45, 2.75) is 24.6 Å². The van der Waals surface area contributed by atoms with Crippen molar-refractivity contribution in [3.63, 3.8) is 0 Å². The highest BCUT2D eigenvalue weighted by Gasteiger charge is 2.30. The van der Waals surface area contributed by atoms with Gasteiger partial charge in [-0.3, -0.25) is 14.9 Å². The molecule has 4 N–H and O–H groups in total. The lowest BCUT2D eigenvalue weighted by Gasteiger charge is -2.21. The first kappa shape index (κ1) is 14.5. The van der Waals surface area contributed by atoms with Crippen molar-refractivity contribution >= 4 is 27.5 Å². The molecule has 8 heteroatoms. The number of hydrogen-bond donors (Lipinski definition) is 3. The predicted octanol–water partition coefficient (Wildman–Crippen LogP) is -0.507. The van der Waals surface area contributed by atoms with E-state index in [1.807, 2.05) is 0 Å². The van der Waals surface area contributed by atoms with Gasteiger partial charge < -0.3 is 5.73 Å². The molecule has 0 aliphatic carbocycles. The zero-order valence-corrected chi connectivity index (χ0v) is 11.4. The Balaban J connectivity index is 2.02. The largest absolute Gasteiger partial charge is 0.399 e. The maximum atomic E-state index is 12.0. The Hall–Kier alpha value is -1.93. The number of carbonyl (C=O) groups excluding carboxylic acids is 2. The number of nitrogens with two attached hydrogens (primary N) is 1. The second-order valence-corrected chi connectivity index (χ2v) is 6.38. The van der Waals surface area contributed by atoms with Gasteiger partial charge in [0, 0.05) is 12.1 Å². The Morgan fingerprint density at radius 2 is 1.90 bits per heavy atom. The summed E-state index contributed by atoms with van der Waals surface area (Å²) < 4.78 is 26.3. The van der Waals surface area contributed by atoms with E-state index >= 15 is 0 Å². The minimum atomic E-state index is -3.66. The molecule has 0 spiro atoms. The average molecular weight is 297 g/mol. The summed E-state index contributed by atoms with van der Waals surface area (Å²) in [5, 5.41) is 2.10. The first-order valence-electron chi connectivity index (χ1n) is 6.04. The van der Waals surface area contributed by atoms with E-state index in [4.69, 9.17) is 5.73 Å². The van der Waals surface area contributed by atoms with Crippen molar-refractivity contribution in [1.29, 1.82) is 0 Å². The molecule has 1 aromatic carbocycles. The Bertz CT molecular complexity index is 625. The fraction of sp³-hybridized carbons (Fsp3) is 0.333. The Labute approximate surface area is 116 Å². The molecule has 1 saturated heterocycles. The SMILES string of the molecule is Nc1ccc(CS(=O)(=O)NC2CCC(=O)NC2=O)cc1. The van der Waals surface area contributed by atoms with Crippen LogP contribution in [0.4, 0.5) is 5.69 Å². The van der Waals surface area contributed by atoms with E-state index < -0.39 is 22.0 Å². The predicted molar refractivity (Wildman–Crippen MR) is 72.8 cm³/mol. The maximum absolute atomic E-state index is 12.0. The fourth-order valence-electron chi connectivity index (χ4n) is 1.90. The van der Waals surface area contributed by atoms with E-state index in [1.54, 1.807) is 24.3 Å². The van der Waals surface area contributed by atoms with Crippen LogP contribution < -0.4 is 15.8 Å². The molecule has 1 aliphatic rings. The number of anilines is 1. The van der Waals surface area contributed by atoms with Crippen LogP contribution in [-0.4, -0.2) is 26.3 Å². The topological polar surface area (TPSA) is 118 Å². The minimum absolute atomic E-state index is 0.126. The lowest BCUT2D eigenvalue weighted by molar-refractivity contribution is -0.134. The number of hydrogen-bond acceptors (Lipinski definition) is 5. The zero-order chi connectivity index (χ0) is 14.8. The smallest absolute Gasteiger partial charge is 0.244 e. The van der Waals surface area contributed by atoms with Crippen LogP contribution in [0.15, 0.2) is 24.3 Å². The lowest BCUT2D eigenvalue weighted by Crippen LogP contribution is -2.52. The highest BCUT2D eigenvalue weighted by Crippen LogP contribution is 2.11. The zero-order valence-electron chi connectivity index (χ0n) is 10.6. The molecule has 2 amide bonds. The monoisotopic (exact) mass is 297 g/mol. The quantitative estimate of drug-likeness (QED) is 0.511. The van der Waals surface area contributed by atoms with E-state index in [2.05, 4.69) is 10.0 Å². The number of nitrogens with one attached hydrogen (secondary N) is 2. The van der Waals surface area contributed by atoms with Gasteiger partial charge in [-0.05, 0) is 24.1 Å². The van der Waals surface area contributed by atoms with E-state index in [1.165, 1.54) is 0 Å². The highest BCUT2D eigenvalue weighted by atomic mass is 32.2. The number of piperidine rings is 1. The van der Waals surface area contributed by atoms with Crippen LogP contribution in [0.3, 0.4) is 0 Å².